The van der Waals surface area contributed by atoms with Gasteiger partial charge in [0.25, 0.3) is 0 Å². The molecule has 0 aliphatic heterocycles. The molecule has 5 heteroatoms. The highest BCUT2D eigenvalue weighted by Gasteiger charge is 2.18. The number of nitrogens with one attached hydrogen (secondary N) is 2. The minimum atomic E-state index is -0.0329. The fourth-order valence-electron chi connectivity index (χ4n) is 1.79. The van der Waals surface area contributed by atoms with Crippen molar-refractivity contribution in [3.8, 4) is 6.07 Å². The summed E-state index contributed by atoms with van der Waals surface area (Å²) in [7, 11) is 0. The largest absolute Gasteiger partial charge is 0.310 e. The Morgan fingerprint density at radius 2 is 2.18 bits per heavy atom. The molecule has 5 nitrogen and oxygen atoms in total. The van der Waals surface area contributed by atoms with E-state index in [0.717, 1.165) is 25.7 Å². The van der Waals surface area contributed by atoms with Gasteiger partial charge in [-0.25, -0.2) is 0 Å². The first-order valence-corrected chi connectivity index (χ1v) is 5.97. The summed E-state index contributed by atoms with van der Waals surface area (Å²) in [5, 5.41) is 17.9. The van der Waals surface area contributed by atoms with Gasteiger partial charge >= 0.3 is 0 Å². The second-order valence-electron chi connectivity index (χ2n) is 4.03. The highest BCUT2D eigenvalue weighted by Crippen LogP contribution is 2.17. The molecule has 0 fully saturated rings. The maximum Gasteiger partial charge on any atom is 0.228 e. The van der Waals surface area contributed by atoms with Gasteiger partial charge in [0.15, 0.2) is 0 Å². The minimum Gasteiger partial charge on any atom is -0.310 e. The standard InChI is InChI=1S/C12H18N4O/c1-3-5-9(6-4-2)12(17)15-11-10(7-13)8-14-16-11/h8-9H,3-6H2,1-2H3,(H2,14,15,16,17). The van der Waals surface area contributed by atoms with Gasteiger partial charge in [-0.15, -0.1) is 0 Å². The Balaban J connectivity index is 2.66. The number of nitriles is 1. The van der Waals surface area contributed by atoms with E-state index in [1.54, 1.807) is 0 Å². The lowest BCUT2D eigenvalue weighted by atomic mass is 9.97. The van der Waals surface area contributed by atoms with Gasteiger partial charge in [0, 0.05) is 5.92 Å². The van der Waals surface area contributed by atoms with Crippen molar-refractivity contribution in [1.29, 1.82) is 5.26 Å². The van der Waals surface area contributed by atoms with Gasteiger partial charge in [0.05, 0.1) is 6.20 Å². The number of hydrogen-bond donors (Lipinski definition) is 2. The molecule has 0 unspecified atom stereocenters. The van der Waals surface area contributed by atoms with E-state index in [1.807, 2.05) is 6.07 Å². The van der Waals surface area contributed by atoms with Crippen LogP contribution in [0.2, 0.25) is 0 Å². The molecule has 92 valence electrons. The molecule has 1 aromatic heterocycles. The van der Waals surface area contributed by atoms with E-state index in [9.17, 15) is 4.79 Å². The molecule has 0 aliphatic rings. The number of aromatic nitrogens is 2. The molecular weight excluding hydrogens is 216 g/mol. The Labute approximate surface area is 101 Å². The molecule has 17 heavy (non-hydrogen) atoms. The average molecular weight is 234 g/mol. The van der Waals surface area contributed by atoms with E-state index >= 15 is 0 Å². The molecule has 0 radical (unpaired) electrons. The van der Waals surface area contributed by atoms with Crippen LogP contribution in [-0.4, -0.2) is 16.1 Å². The van der Waals surface area contributed by atoms with Gasteiger partial charge in [-0.05, 0) is 12.8 Å². The van der Waals surface area contributed by atoms with Gasteiger partial charge in [0.1, 0.15) is 17.5 Å². The molecule has 0 aromatic carbocycles. The molecular formula is C12H18N4O. The maximum atomic E-state index is 12.0. The first-order chi connectivity index (χ1) is 8.22. The van der Waals surface area contributed by atoms with Crippen LogP contribution in [0, 0.1) is 17.2 Å². The summed E-state index contributed by atoms with van der Waals surface area (Å²) >= 11 is 0. The number of hydrogen-bond acceptors (Lipinski definition) is 3. The second kappa shape index (κ2) is 6.69. The maximum absolute atomic E-state index is 12.0. The third-order valence-electron chi connectivity index (χ3n) is 2.65. The normalized spacial score (nSPS) is 10.2. The summed E-state index contributed by atoms with van der Waals surface area (Å²) in [5.41, 5.74) is 0.366. The minimum absolute atomic E-state index is 0.0137. The van der Waals surface area contributed by atoms with E-state index in [1.165, 1.54) is 6.20 Å². The smallest absolute Gasteiger partial charge is 0.228 e. The lowest BCUT2D eigenvalue weighted by Gasteiger charge is -2.14. The molecule has 1 heterocycles. The molecule has 0 bridgehead atoms. The Morgan fingerprint density at radius 3 is 2.71 bits per heavy atom. The van der Waals surface area contributed by atoms with Crippen molar-refractivity contribution in [2.45, 2.75) is 39.5 Å². The zero-order valence-electron chi connectivity index (χ0n) is 10.3. The molecule has 0 spiro atoms. The first-order valence-electron chi connectivity index (χ1n) is 5.97. The highest BCUT2D eigenvalue weighted by atomic mass is 16.1. The van der Waals surface area contributed by atoms with Crippen LogP contribution in [0.25, 0.3) is 0 Å². The first kappa shape index (κ1) is 13.2. The quantitative estimate of drug-likeness (QED) is 0.793. The van der Waals surface area contributed by atoms with Gasteiger partial charge < -0.3 is 5.32 Å². The summed E-state index contributed by atoms with van der Waals surface area (Å²) < 4.78 is 0. The average Bonchev–Trinajstić information content (AvgIpc) is 2.76. The number of H-pyrrole nitrogens is 1. The predicted octanol–water partition coefficient (Wildman–Crippen LogP) is 2.44. The molecule has 0 aliphatic carbocycles. The number of nitrogens with zero attached hydrogens (tertiary/aromatic N) is 2. The summed E-state index contributed by atoms with van der Waals surface area (Å²) in [4.78, 5) is 12.0. The van der Waals surface area contributed by atoms with Crippen LogP contribution in [-0.2, 0) is 4.79 Å². The van der Waals surface area contributed by atoms with Crippen molar-refractivity contribution in [2.75, 3.05) is 5.32 Å². The van der Waals surface area contributed by atoms with Gasteiger partial charge in [-0.2, -0.15) is 10.4 Å². The van der Waals surface area contributed by atoms with E-state index in [-0.39, 0.29) is 11.8 Å². The predicted molar refractivity (Wildman–Crippen MR) is 65.2 cm³/mol. The van der Waals surface area contributed by atoms with Crippen molar-refractivity contribution in [3.63, 3.8) is 0 Å². The van der Waals surface area contributed by atoms with Crippen LogP contribution in [0.15, 0.2) is 6.20 Å². The zero-order chi connectivity index (χ0) is 12.7. The number of carbonyl (C=O) groups is 1. The molecule has 0 saturated heterocycles. The Bertz CT molecular complexity index is 399. The Hall–Kier alpha value is -1.83. The Kier molecular flexibility index (Phi) is 5.21. The lowest BCUT2D eigenvalue weighted by molar-refractivity contribution is -0.120. The van der Waals surface area contributed by atoms with E-state index in [2.05, 4.69) is 29.4 Å². The number of amides is 1. The topological polar surface area (TPSA) is 81.6 Å². The Morgan fingerprint density at radius 1 is 1.53 bits per heavy atom. The highest BCUT2D eigenvalue weighted by molar-refractivity contribution is 5.92. The summed E-state index contributed by atoms with van der Waals surface area (Å²) in [5.74, 6) is 0.379. The van der Waals surface area contributed by atoms with Crippen molar-refractivity contribution < 1.29 is 4.79 Å². The molecule has 1 aromatic rings. The van der Waals surface area contributed by atoms with Crippen molar-refractivity contribution in [1.82, 2.24) is 10.2 Å². The second-order valence-corrected chi connectivity index (χ2v) is 4.03. The van der Waals surface area contributed by atoms with Gasteiger partial charge in [-0.3, -0.25) is 9.89 Å². The van der Waals surface area contributed by atoms with E-state index < -0.39 is 0 Å². The molecule has 1 rings (SSSR count). The van der Waals surface area contributed by atoms with Crippen LogP contribution in [0.3, 0.4) is 0 Å². The lowest BCUT2D eigenvalue weighted by Crippen LogP contribution is -2.23. The van der Waals surface area contributed by atoms with Crippen LogP contribution >= 0.6 is 0 Å². The third kappa shape index (κ3) is 3.59. The zero-order valence-corrected chi connectivity index (χ0v) is 10.3. The molecule has 0 saturated carbocycles. The summed E-state index contributed by atoms with van der Waals surface area (Å²) in [6, 6.07) is 1.98. The van der Waals surface area contributed by atoms with E-state index in [0.29, 0.717) is 11.4 Å². The van der Waals surface area contributed by atoms with Gasteiger partial charge in [0.2, 0.25) is 5.91 Å². The molecule has 0 atom stereocenters. The number of rotatable bonds is 6. The van der Waals surface area contributed by atoms with Crippen LogP contribution in [0.5, 0.6) is 0 Å². The third-order valence-corrected chi connectivity index (χ3v) is 2.65. The van der Waals surface area contributed by atoms with Crippen molar-refractivity contribution in [2.24, 2.45) is 5.92 Å². The molecule has 1 amide bonds. The fraction of sp³-hybridized carbons (Fsp3) is 0.583. The number of carbonyl (C=O) groups excluding carboxylic acids is 1. The summed E-state index contributed by atoms with van der Waals surface area (Å²) in [6.07, 6.45) is 5.11. The van der Waals surface area contributed by atoms with E-state index in [4.69, 9.17) is 5.26 Å². The van der Waals surface area contributed by atoms with Gasteiger partial charge in [-0.1, -0.05) is 26.7 Å². The van der Waals surface area contributed by atoms with Crippen LogP contribution < -0.4 is 5.32 Å². The SMILES string of the molecule is CCCC(CCC)C(=O)Nc1[nH]ncc1C#N. The number of anilines is 1. The fourth-order valence-corrected chi connectivity index (χ4v) is 1.79. The number of aromatic amines is 1. The monoisotopic (exact) mass is 234 g/mol. The van der Waals surface area contributed by atoms with Crippen molar-refractivity contribution in [3.05, 3.63) is 11.8 Å². The van der Waals surface area contributed by atoms with Crippen molar-refractivity contribution >= 4 is 11.7 Å². The van der Waals surface area contributed by atoms with Crippen LogP contribution in [0.1, 0.15) is 45.1 Å². The van der Waals surface area contributed by atoms with Crippen LogP contribution in [0.4, 0.5) is 5.82 Å². The summed E-state index contributed by atoms with van der Waals surface area (Å²) in [6.45, 7) is 4.12. The molecule has 2 N–H and O–H groups in total.